The molecular weight excluding hydrogens is 449 g/mol. The van der Waals surface area contributed by atoms with Gasteiger partial charge in [0.15, 0.2) is 5.82 Å². The number of fused-ring (bicyclic) bond motifs is 4. The van der Waals surface area contributed by atoms with E-state index in [1.54, 1.807) is 0 Å². The highest BCUT2D eigenvalue weighted by Gasteiger charge is 2.34. The highest BCUT2D eigenvalue weighted by molar-refractivity contribution is 6.00. The number of unbranched alkanes of at least 4 members (excludes halogenated alkanes) is 1. The number of nitrogens with one attached hydrogen (secondary N) is 1. The van der Waals surface area contributed by atoms with Crippen LogP contribution in [0, 0.1) is 5.82 Å². The molecule has 2 aliphatic rings. The first-order valence-corrected chi connectivity index (χ1v) is 13.2. The molecule has 0 aliphatic carbocycles. The Morgan fingerprint density at radius 1 is 0.889 bits per heavy atom. The first-order valence-electron chi connectivity index (χ1n) is 13.2. The minimum Gasteiger partial charge on any atom is -0.353 e. The average molecular weight is 484 g/mol. The lowest BCUT2D eigenvalue weighted by Gasteiger charge is -2.34. The van der Waals surface area contributed by atoms with Crippen LogP contribution >= 0.6 is 0 Å². The van der Waals surface area contributed by atoms with Crippen LogP contribution in [-0.2, 0) is 6.42 Å². The summed E-state index contributed by atoms with van der Waals surface area (Å²) in [5.41, 5.74) is 1.95. The summed E-state index contributed by atoms with van der Waals surface area (Å²) >= 11 is 0. The number of rotatable bonds is 7. The molecule has 0 radical (unpaired) electrons. The summed E-state index contributed by atoms with van der Waals surface area (Å²) in [4.78, 5) is 14.4. The Labute approximate surface area is 212 Å². The van der Waals surface area contributed by atoms with Crippen molar-refractivity contribution in [3.8, 4) is 11.1 Å². The zero-order chi connectivity index (χ0) is 24.6. The number of piperazine rings is 1. The number of nitrogens with zero attached hydrogens (tertiary/aromatic N) is 4. The summed E-state index contributed by atoms with van der Waals surface area (Å²) in [5, 5.41) is 6.67. The van der Waals surface area contributed by atoms with Crippen LogP contribution in [0.2, 0.25) is 0 Å². The van der Waals surface area contributed by atoms with Gasteiger partial charge in [0.05, 0.1) is 0 Å². The number of aromatic nitrogens is 2. The van der Waals surface area contributed by atoms with Crippen molar-refractivity contribution in [1.29, 1.82) is 0 Å². The van der Waals surface area contributed by atoms with Gasteiger partial charge in [-0.15, -0.1) is 0 Å². The molecule has 2 fully saturated rings. The maximum absolute atomic E-state index is 16.3. The third-order valence-electron chi connectivity index (χ3n) is 7.68. The lowest BCUT2D eigenvalue weighted by Crippen LogP contribution is -2.51. The maximum Gasteiger partial charge on any atom is 0.157 e. The average Bonchev–Trinajstić information content (AvgIpc) is 3.23. The van der Waals surface area contributed by atoms with E-state index in [1.807, 2.05) is 36.4 Å². The normalized spacial score (nSPS) is 19.6. The Balaban J connectivity index is 1.45. The van der Waals surface area contributed by atoms with E-state index >= 15 is 4.39 Å². The van der Waals surface area contributed by atoms with E-state index in [0.717, 1.165) is 72.3 Å². The van der Waals surface area contributed by atoms with E-state index < -0.39 is 0 Å². The van der Waals surface area contributed by atoms with Gasteiger partial charge in [-0.3, -0.25) is 0 Å². The van der Waals surface area contributed by atoms with Crippen molar-refractivity contribution in [2.45, 2.75) is 44.2 Å². The third-order valence-corrected chi connectivity index (χ3v) is 7.68. The summed E-state index contributed by atoms with van der Waals surface area (Å²) in [5.74, 6) is 1.39. The van der Waals surface area contributed by atoms with Gasteiger partial charge in [-0.1, -0.05) is 48.5 Å². The van der Waals surface area contributed by atoms with E-state index in [-0.39, 0.29) is 5.82 Å². The SMILES string of the molecule is CN(C)CCCCc1nc(N2CC3CCC(C2)N3)c2ccc(-c3cccc4ccccc34)c(F)c2n1. The fraction of sp³-hybridized carbons (Fsp3) is 0.400. The lowest BCUT2D eigenvalue weighted by atomic mass is 9.96. The molecule has 1 aromatic heterocycles. The molecule has 36 heavy (non-hydrogen) atoms. The van der Waals surface area contributed by atoms with Gasteiger partial charge in [0, 0.05) is 42.5 Å². The maximum atomic E-state index is 16.3. The number of aryl methyl sites for hydroxylation is 1. The second-order valence-corrected chi connectivity index (χ2v) is 10.6. The predicted octanol–water partition coefficient (Wildman–Crippen LogP) is 5.41. The van der Waals surface area contributed by atoms with Crippen molar-refractivity contribution >= 4 is 27.5 Å². The van der Waals surface area contributed by atoms with E-state index in [0.29, 0.717) is 23.2 Å². The van der Waals surface area contributed by atoms with Crippen LogP contribution in [-0.4, -0.2) is 60.7 Å². The second kappa shape index (κ2) is 9.75. The molecule has 0 saturated carbocycles. The zero-order valence-electron chi connectivity index (χ0n) is 21.2. The summed E-state index contributed by atoms with van der Waals surface area (Å²) in [6.45, 7) is 2.85. The van der Waals surface area contributed by atoms with Gasteiger partial charge in [-0.2, -0.15) is 0 Å². The molecule has 0 amide bonds. The van der Waals surface area contributed by atoms with Gasteiger partial charge in [0.1, 0.15) is 17.2 Å². The van der Waals surface area contributed by atoms with Crippen LogP contribution < -0.4 is 10.2 Å². The molecule has 2 saturated heterocycles. The monoisotopic (exact) mass is 483 g/mol. The zero-order valence-corrected chi connectivity index (χ0v) is 21.2. The summed E-state index contributed by atoms with van der Waals surface area (Å²) in [6.07, 6.45) is 5.20. The van der Waals surface area contributed by atoms with E-state index in [2.05, 4.69) is 47.4 Å². The highest BCUT2D eigenvalue weighted by atomic mass is 19.1. The van der Waals surface area contributed by atoms with Crippen molar-refractivity contribution in [2.75, 3.05) is 38.6 Å². The van der Waals surface area contributed by atoms with Crippen LogP contribution in [0.3, 0.4) is 0 Å². The molecule has 0 spiro atoms. The quantitative estimate of drug-likeness (QED) is 0.356. The van der Waals surface area contributed by atoms with E-state index in [1.165, 1.54) is 12.8 Å². The molecule has 2 unspecified atom stereocenters. The minimum atomic E-state index is -0.250. The molecule has 2 bridgehead atoms. The number of benzene rings is 3. The summed E-state index contributed by atoms with van der Waals surface area (Å²) in [6, 6.07) is 19.2. The van der Waals surface area contributed by atoms with Gasteiger partial charge in [-0.05, 0) is 68.7 Å². The Kier molecular flexibility index (Phi) is 6.32. The smallest absolute Gasteiger partial charge is 0.157 e. The molecule has 6 heteroatoms. The first kappa shape index (κ1) is 23.3. The van der Waals surface area contributed by atoms with Crippen molar-refractivity contribution in [1.82, 2.24) is 20.2 Å². The van der Waals surface area contributed by atoms with Crippen LogP contribution in [0.4, 0.5) is 10.2 Å². The largest absolute Gasteiger partial charge is 0.353 e. The van der Waals surface area contributed by atoms with Gasteiger partial charge in [0.2, 0.25) is 0 Å². The van der Waals surface area contributed by atoms with Crippen molar-refractivity contribution < 1.29 is 4.39 Å². The Bertz CT molecular complexity index is 1380. The molecular formula is C30H34FN5. The second-order valence-electron chi connectivity index (χ2n) is 10.6. The van der Waals surface area contributed by atoms with E-state index in [9.17, 15) is 0 Å². The molecule has 186 valence electrons. The Morgan fingerprint density at radius 2 is 1.67 bits per heavy atom. The van der Waals surface area contributed by atoms with Gasteiger partial charge in [-0.25, -0.2) is 14.4 Å². The number of anilines is 1. The Hall–Kier alpha value is -3.09. The minimum absolute atomic E-state index is 0.250. The van der Waals surface area contributed by atoms with Gasteiger partial charge in [0.25, 0.3) is 0 Å². The van der Waals surface area contributed by atoms with Crippen molar-refractivity contribution in [2.24, 2.45) is 0 Å². The number of halogens is 1. The molecule has 3 heterocycles. The standard InChI is InChI=1S/C30H34FN5/c1-35(2)17-6-5-12-27-33-29-26(30(34-27)36-18-21-13-14-22(19-36)32-21)16-15-25(28(29)31)24-11-7-9-20-8-3-4-10-23(20)24/h3-4,7-11,15-16,21-22,32H,5-6,12-14,17-19H2,1-2H3. The molecule has 2 aliphatic heterocycles. The number of hydrogen-bond donors (Lipinski definition) is 1. The fourth-order valence-corrected chi connectivity index (χ4v) is 5.89. The fourth-order valence-electron chi connectivity index (χ4n) is 5.89. The van der Waals surface area contributed by atoms with Crippen LogP contribution in [0.25, 0.3) is 32.8 Å². The van der Waals surface area contributed by atoms with Crippen LogP contribution in [0.15, 0.2) is 54.6 Å². The molecule has 5 nitrogen and oxygen atoms in total. The predicted molar refractivity (Wildman–Crippen MR) is 146 cm³/mol. The summed E-state index contributed by atoms with van der Waals surface area (Å²) in [7, 11) is 4.18. The molecule has 4 aromatic rings. The third kappa shape index (κ3) is 4.44. The van der Waals surface area contributed by atoms with Crippen molar-refractivity contribution in [3.63, 3.8) is 0 Å². The highest BCUT2D eigenvalue weighted by Crippen LogP contribution is 2.36. The van der Waals surface area contributed by atoms with Crippen molar-refractivity contribution in [3.05, 3.63) is 66.2 Å². The molecule has 3 aromatic carbocycles. The molecule has 2 atom stereocenters. The lowest BCUT2D eigenvalue weighted by molar-refractivity contribution is 0.393. The summed E-state index contributed by atoms with van der Waals surface area (Å²) < 4.78 is 16.3. The van der Waals surface area contributed by atoms with Crippen LogP contribution in [0.1, 0.15) is 31.5 Å². The molecule has 1 N–H and O–H groups in total. The topological polar surface area (TPSA) is 44.3 Å². The van der Waals surface area contributed by atoms with E-state index in [4.69, 9.17) is 9.97 Å². The van der Waals surface area contributed by atoms with Gasteiger partial charge >= 0.3 is 0 Å². The first-order chi connectivity index (χ1) is 17.6. The number of hydrogen-bond acceptors (Lipinski definition) is 5. The van der Waals surface area contributed by atoms with Gasteiger partial charge < -0.3 is 15.1 Å². The van der Waals surface area contributed by atoms with Crippen LogP contribution in [0.5, 0.6) is 0 Å². The molecule has 6 rings (SSSR count). The Morgan fingerprint density at radius 3 is 2.47 bits per heavy atom.